The first-order chi connectivity index (χ1) is 11.2. The van der Waals surface area contributed by atoms with Crippen molar-refractivity contribution >= 4 is 5.91 Å². The number of ether oxygens (including phenoxy) is 1. The zero-order valence-electron chi connectivity index (χ0n) is 13.2. The van der Waals surface area contributed by atoms with Crippen molar-refractivity contribution in [3.8, 4) is 0 Å². The molecule has 6 nitrogen and oxygen atoms in total. The van der Waals surface area contributed by atoms with Crippen LogP contribution < -0.4 is 5.32 Å². The van der Waals surface area contributed by atoms with E-state index in [4.69, 9.17) is 4.74 Å². The maximum absolute atomic E-state index is 12.0. The summed E-state index contributed by atoms with van der Waals surface area (Å²) in [6.45, 7) is 3.05. The molecule has 0 aromatic carbocycles. The molecule has 3 heterocycles. The van der Waals surface area contributed by atoms with E-state index in [1.807, 2.05) is 13.0 Å². The van der Waals surface area contributed by atoms with Crippen molar-refractivity contribution < 1.29 is 9.53 Å². The summed E-state index contributed by atoms with van der Waals surface area (Å²) in [6, 6.07) is 3.58. The van der Waals surface area contributed by atoms with E-state index in [1.165, 1.54) is 0 Å². The summed E-state index contributed by atoms with van der Waals surface area (Å²) in [6.07, 6.45) is 8.29. The van der Waals surface area contributed by atoms with Crippen molar-refractivity contribution in [2.45, 2.75) is 38.8 Å². The van der Waals surface area contributed by atoms with E-state index in [0.717, 1.165) is 43.0 Å². The lowest BCUT2D eigenvalue weighted by Gasteiger charge is -2.21. The predicted molar refractivity (Wildman–Crippen MR) is 84.7 cm³/mol. The minimum Gasteiger partial charge on any atom is -0.370 e. The Bertz CT molecular complexity index is 649. The van der Waals surface area contributed by atoms with E-state index in [9.17, 15) is 4.79 Å². The zero-order chi connectivity index (χ0) is 16.1. The molecule has 0 bridgehead atoms. The Morgan fingerprint density at radius 1 is 1.22 bits per heavy atom. The fraction of sp³-hybridized carbons (Fsp3) is 0.412. The standard InChI is InChI=1S/C17H20N4O2/c1-12-5-6-14(11-18-12)17(22)21-10-13-8-19-16(20-9-13)15-4-2-3-7-23-15/h5-6,8-9,11,15H,2-4,7,10H2,1H3,(H,21,22)/t15-/m1/s1. The molecule has 1 fully saturated rings. The van der Waals surface area contributed by atoms with Crippen LogP contribution in [0.4, 0.5) is 0 Å². The van der Waals surface area contributed by atoms with Gasteiger partial charge in [0.15, 0.2) is 5.82 Å². The lowest BCUT2D eigenvalue weighted by atomic mass is 10.1. The largest absolute Gasteiger partial charge is 0.370 e. The summed E-state index contributed by atoms with van der Waals surface area (Å²) in [5.41, 5.74) is 2.29. The summed E-state index contributed by atoms with van der Waals surface area (Å²) in [4.78, 5) is 24.9. The Balaban J connectivity index is 1.55. The SMILES string of the molecule is Cc1ccc(C(=O)NCc2cnc([C@H]3CCCCO3)nc2)cn1. The van der Waals surface area contributed by atoms with Crippen LogP contribution in [0.2, 0.25) is 0 Å². The van der Waals surface area contributed by atoms with Crippen LogP contribution in [-0.4, -0.2) is 27.5 Å². The Morgan fingerprint density at radius 3 is 2.70 bits per heavy atom. The average molecular weight is 312 g/mol. The fourth-order valence-corrected chi connectivity index (χ4v) is 2.45. The maximum atomic E-state index is 12.0. The molecule has 1 amide bonds. The Hall–Kier alpha value is -2.34. The second-order valence-electron chi connectivity index (χ2n) is 5.68. The molecule has 120 valence electrons. The van der Waals surface area contributed by atoms with E-state index < -0.39 is 0 Å². The van der Waals surface area contributed by atoms with Crippen LogP contribution in [0.3, 0.4) is 0 Å². The van der Waals surface area contributed by atoms with Gasteiger partial charge in [-0.2, -0.15) is 0 Å². The second kappa shape index (κ2) is 7.28. The lowest BCUT2D eigenvalue weighted by molar-refractivity contribution is 0.00940. The summed E-state index contributed by atoms with van der Waals surface area (Å²) < 4.78 is 5.67. The smallest absolute Gasteiger partial charge is 0.253 e. The highest BCUT2D eigenvalue weighted by Crippen LogP contribution is 2.24. The summed E-state index contributed by atoms with van der Waals surface area (Å²) in [5.74, 6) is 0.569. The molecule has 2 aromatic rings. The van der Waals surface area contributed by atoms with Gasteiger partial charge in [-0.25, -0.2) is 9.97 Å². The van der Waals surface area contributed by atoms with Gasteiger partial charge in [0.05, 0.1) is 5.56 Å². The third kappa shape index (κ3) is 4.10. The minimum atomic E-state index is -0.155. The molecule has 0 radical (unpaired) electrons. The van der Waals surface area contributed by atoms with Crippen molar-refractivity contribution in [1.29, 1.82) is 0 Å². The van der Waals surface area contributed by atoms with Gasteiger partial charge in [-0.15, -0.1) is 0 Å². The van der Waals surface area contributed by atoms with Crippen molar-refractivity contribution in [3.05, 3.63) is 53.4 Å². The van der Waals surface area contributed by atoms with Crippen LogP contribution in [0.1, 0.15) is 52.8 Å². The van der Waals surface area contributed by atoms with Crippen LogP contribution in [-0.2, 0) is 11.3 Å². The van der Waals surface area contributed by atoms with Crippen LogP contribution in [0.5, 0.6) is 0 Å². The number of hydrogen-bond donors (Lipinski definition) is 1. The van der Waals surface area contributed by atoms with E-state index >= 15 is 0 Å². The van der Waals surface area contributed by atoms with Gasteiger partial charge in [0.25, 0.3) is 5.91 Å². The highest BCUT2D eigenvalue weighted by Gasteiger charge is 2.18. The quantitative estimate of drug-likeness (QED) is 0.937. The third-order valence-corrected chi connectivity index (χ3v) is 3.82. The molecule has 6 heteroatoms. The Morgan fingerprint density at radius 2 is 2.04 bits per heavy atom. The van der Waals surface area contributed by atoms with Gasteiger partial charge in [0.1, 0.15) is 6.10 Å². The summed E-state index contributed by atoms with van der Waals surface area (Å²) in [5, 5.41) is 2.84. The minimum absolute atomic E-state index is 0.00558. The molecule has 1 aliphatic rings. The number of nitrogens with zero attached hydrogens (tertiary/aromatic N) is 3. The topological polar surface area (TPSA) is 77.0 Å². The van der Waals surface area contributed by atoms with Crippen LogP contribution in [0.25, 0.3) is 0 Å². The number of amides is 1. The molecule has 1 saturated heterocycles. The van der Waals surface area contributed by atoms with Gasteiger partial charge >= 0.3 is 0 Å². The van der Waals surface area contributed by atoms with E-state index in [1.54, 1.807) is 24.7 Å². The summed E-state index contributed by atoms with van der Waals surface area (Å²) in [7, 11) is 0. The number of pyridine rings is 1. The number of nitrogens with one attached hydrogen (secondary N) is 1. The number of aromatic nitrogens is 3. The van der Waals surface area contributed by atoms with E-state index in [-0.39, 0.29) is 12.0 Å². The van der Waals surface area contributed by atoms with Crippen LogP contribution in [0.15, 0.2) is 30.7 Å². The highest BCUT2D eigenvalue weighted by molar-refractivity contribution is 5.93. The molecule has 0 saturated carbocycles. The molecule has 23 heavy (non-hydrogen) atoms. The number of carbonyl (C=O) groups excluding carboxylic acids is 1. The summed E-state index contributed by atoms with van der Waals surface area (Å²) >= 11 is 0. The zero-order valence-corrected chi connectivity index (χ0v) is 13.2. The molecular weight excluding hydrogens is 292 g/mol. The molecule has 1 aliphatic heterocycles. The Kier molecular flexibility index (Phi) is 4.92. The molecule has 2 aromatic heterocycles. The third-order valence-electron chi connectivity index (χ3n) is 3.82. The van der Waals surface area contributed by atoms with E-state index in [2.05, 4.69) is 20.3 Å². The second-order valence-corrected chi connectivity index (χ2v) is 5.68. The van der Waals surface area contributed by atoms with Crippen LogP contribution in [0, 0.1) is 6.92 Å². The first-order valence-electron chi connectivity index (χ1n) is 7.85. The fourth-order valence-electron chi connectivity index (χ4n) is 2.45. The number of aryl methyl sites for hydroxylation is 1. The van der Waals surface area contributed by atoms with Gasteiger partial charge in [-0.05, 0) is 38.3 Å². The van der Waals surface area contributed by atoms with Gasteiger partial charge < -0.3 is 10.1 Å². The number of carbonyl (C=O) groups is 1. The first-order valence-corrected chi connectivity index (χ1v) is 7.85. The van der Waals surface area contributed by atoms with E-state index in [0.29, 0.717) is 12.1 Å². The highest BCUT2D eigenvalue weighted by atomic mass is 16.5. The first kappa shape index (κ1) is 15.6. The van der Waals surface area contributed by atoms with Crippen molar-refractivity contribution in [1.82, 2.24) is 20.3 Å². The number of hydrogen-bond acceptors (Lipinski definition) is 5. The van der Waals surface area contributed by atoms with Crippen LogP contribution >= 0.6 is 0 Å². The van der Waals surface area contributed by atoms with Gasteiger partial charge in [-0.3, -0.25) is 9.78 Å². The van der Waals surface area contributed by atoms with Crippen molar-refractivity contribution in [3.63, 3.8) is 0 Å². The molecule has 1 atom stereocenters. The van der Waals surface area contributed by atoms with Crippen molar-refractivity contribution in [2.24, 2.45) is 0 Å². The molecule has 0 unspecified atom stereocenters. The molecule has 1 N–H and O–H groups in total. The average Bonchev–Trinajstić information content (AvgIpc) is 2.61. The number of rotatable bonds is 4. The lowest BCUT2D eigenvalue weighted by Crippen LogP contribution is -2.23. The van der Waals surface area contributed by atoms with Crippen molar-refractivity contribution in [2.75, 3.05) is 6.61 Å². The molecule has 0 spiro atoms. The Labute approximate surface area is 135 Å². The molecular formula is C17H20N4O2. The monoisotopic (exact) mass is 312 g/mol. The molecule has 0 aliphatic carbocycles. The maximum Gasteiger partial charge on any atom is 0.253 e. The van der Waals surface area contributed by atoms with Gasteiger partial charge in [0, 0.05) is 43.0 Å². The predicted octanol–water partition coefficient (Wildman–Crippen LogP) is 2.35. The normalized spacial score (nSPS) is 17.7. The van der Waals surface area contributed by atoms with Gasteiger partial charge in [-0.1, -0.05) is 0 Å². The van der Waals surface area contributed by atoms with Gasteiger partial charge in [0.2, 0.25) is 0 Å². The molecule has 3 rings (SSSR count).